The molecule has 7 nitrogen and oxygen atoms in total. The summed E-state index contributed by atoms with van der Waals surface area (Å²) >= 11 is 0. The van der Waals surface area contributed by atoms with Crippen LogP contribution in [-0.2, 0) is 22.4 Å². The quantitative estimate of drug-likeness (QED) is 0.740. The van der Waals surface area contributed by atoms with E-state index in [1.807, 2.05) is 35.2 Å². The fraction of sp³-hybridized carbons (Fsp3) is 0.458. The van der Waals surface area contributed by atoms with E-state index in [9.17, 15) is 9.59 Å². The molecule has 1 fully saturated rings. The van der Waals surface area contributed by atoms with Crippen LogP contribution in [0.5, 0.6) is 5.75 Å². The lowest BCUT2D eigenvalue weighted by Crippen LogP contribution is -2.41. The number of anilines is 1. The van der Waals surface area contributed by atoms with Gasteiger partial charge < -0.3 is 19.3 Å². The van der Waals surface area contributed by atoms with Gasteiger partial charge in [0.1, 0.15) is 5.75 Å². The second kappa shape index (κ2) is 9.47. The number of fused-ring (bicyclic) bond motifs is 1. The van der Waals surface area contributed by atoms with Crippen molar-refractivity contribution in [2.75, 3.05) is 38.8 Å². The largest absolute Gasteiger partial charge is 0.496 e. The van der Waals surface area contributed by atoms with Crippen molar-refractivity contribution in [1.82, 2.24) is 9.88 Å². The van der Waals surface area contributed by atoms with Crippen molar-refractivity contribution in [2.45, 2.75) is 38.2 Å². The molecular formula is C24H29N3O4. The number of amides is 2. The van der Waals surface area contributed by atoms with Gasteiger partial charge in [-0.25, -0.2) is 0 Å². The van der Waals surface area contributed by atoms with Crippen LogP contribution in [0.15, 0.2) is 36.5 Å². The van der Waals surface area contributed by atoms with Crippen molar-refractivity contribution in [3.63, 3.8) is 0 Å². The molecule has 0 saturated carbocycles. The number of piperidine rings is 1. The zero-order valence-corrected chi connectivity index (χ0v) is 18.2. The van der Waals surface area contributed by atoms with Crippen molar-refractivity contribution in [2.24, 2.45) is 0 Å². The van der Waals surface area contributed by atoms with Crippen molar-refractivity contribution in [1.29, 1.82) is 0 Å². The second-order valence-corrected chi connectivity index (χ2v) is 8.05. The highest BCUT2D eigenvalue weighted by molar-refractivity contribution is 5.99. The Morgan fingerprint density at radius 2 is 1.90 bits per heavy atom. The van der Waals surface area contributed by atoms with Gasteiger partial charge in [0.05, 0.1) is 36.6 Å². The van der Waals surface area contributed by atoms with E-state index in [0.29, 0.717) is 30.9 Å². The van der Waals surface area contributed by atoms with Crippen LogP contribution >= 0.6 is 0 Å². The first-order valence-electron chi connectivity index (χ1n) is 10.8. The third-order valence-electron chi connectivity index (χ3n) is 6.18. The zero-order chi connectivity index (χ0) is 21.8. The molecule has 0 bridgehead atoms. The number of likely N-dealkylation sites (tertiary alicyclic amines) is 1. The lowest BCUT2D eigenvalue weighted by Gasteiger charge is -2.32. The molecule has 0 spiro atoms. The van der Waals surface area contributed by atoms with E-state index in [2.05, 4.69) is 4.98 Å². The predicted octanol–water partition coefficient (Wildman–Crippen LogP) is 2.86. The Bertz CT molecular complexity index is 954. The van der Waals surface area contributed by atoms with E-state index in [-0.39, 0.29) is 24.3 Å². The molecular weight excluding hydrogens is 394 g/mol. The Morgan fingerprint density at radius 1 is 1.13 bits per heavy atom. The number of aryl methyl sites for hydroxylation is 1. The number of methoxy groups -OCH3 is 2. The summed E-state index contributed by atoms with van der Waals surface area (Å²) in [5, 5.41) is 0. The van der Waals surface area contributed by atoms with Gasteiger partial charge in [-0.15, -0.1) is 0 Å². The molecule has 4 rings (SSSR count). The number of nitrogens with zero attached hydrogens (tertiary/aromatic N) is 3. The number of hydrogen-bond donors (Lipinski definition) is 0. The summed E-state index contributed by atoms with van der Waals surface area (Å²) in [5.41, 5.74) is 3.01. The minimum absolute atomic E-state index is 0.0160. The van der Waals surface area contributed by atoms with E-state index < -0.39 is 0 Å². The molecule has 0 aliphatic carbocycles. The Labute approximate surface area is 183 Å². The Morgan fingerprint density at radius 3 is 2.65 bits per heavy atom. The molecule has 1 aromatic carbocycles. The van der Waals surface area contributed by atoms with Gasteiger partial charge in [-0.3, -0.25) is 14.6 Å². The molecule has 7 heteroatoms. The normalized spacial score (nSPS) is 16.7. The molecule has 2 aromatic rings. The highest BCUT2D eigenvalue weighted by Crippen LogP contribution is 2.29. The molecule has 3 heterocycles. The summed E-state index contributed by atoms with van der Waals surface area (Å²) in [6.45, 7) is 1.97. The van der Waals surface area contributed by atoms with Gasteiger partial charge in [-0.2, -0.15) is 0 Å². The second-order valence-electron chi connectivity index (χ2n) is 8.05. The third kappa shape index (κ3) is 4.56. The van der Waals surface area contributed by atoms with Gasteiger partial charge >= 0.3 is 0 Å². The van der Waals surface area contributed by atoms with Crippen LogP contribution in [-0.4, -0.2) is 61.7 Å². The molecule has 0 atom stereocenters. The Balaban J connectivity index is 1.53. The number of carbonyl (C=O) groups excluding carboxylic acids is 2. The van der Waals surface area contributed by atoms with Gasteiger partial charge in [0.15, 0.2) is 0 Å². The minimum atomic E-state index is -0.0347. The van der Waals surface area contributed by atoms with Gasteiger partial charge in [0.2, 0.25) is 5.91 Å². The van der Waals surface area contributed by atoms with Gasteiger partial charge in [-0.1, -0.05) is 18.2 Å². The maximum atomic E-state index is 13.2. The third-order valence-corrected chi connectivity index (χ3v) is 6.18. The van der Waals surface area contributed by atoms with E-state index >= 15 is 0 Å². The Kier molecular flexibility index (Phi) is 6.51. The Hall–Kier alpha value is -2.93. The molecule has 0 radical (unpaired) electrons. The van der Waals surface area contributed by atoms with E-state index in [4.69, 9.17) is 9.47 Å². The van der Waals surface area contributed by atoms with Crippen LogP contribution in [0, 0.1) is 0 Å². The molecule has 2 amide bonds. The SMILES string of the molecule is COc1ccccc1CC(=O)N1CCCc2ncc(C(=O)N3CCC(OC)CC3)cc21. The van der Waals surface area contributed by atoms with Crippen molar-refractivity contribution in [3.05, 3.63) is 53.3 Å². The predicted molar refractivity (Wildman–Crippen MR) is 118 cm³/mol. The summed E-state index contributed by atoms with van der Waals surface area (Å²) < 4.78 is 10.8. The van der Waals surface area contributed by atoms with Crippen molar-refractivity contribution in [3.8, 4) is 5.75 Å². The molecule has 2 aliphatic rings. The lowest BCUT2D eigenvalue weighted by molar-refractivity contribution is -0.118. The summed E-state index contributed by atoms with van der Waals surface area (Å²) in [4.78, 5) is 34.4. The maximum Gasteiger partial charge on any atom is 0.255 e. The van der Waals surface area contributed by atoms with E-state index in [0.717, 1.165) is 42.6 Å². The summed E-state index contributed by atoms with van der Waals surface area (Å²) in [6, 6.07) is 9.40. The van der Waals surface area contributed by atoms with Crippen molar-refractivity contribution >= 4 is 17.5 Å². The molecule has 164 valence electrons. The van der Waals surface area contributed by atoms with Crippen molar-refractivity contribution < 1.29 is 19.1 Å². The van der Waals surface area contributed by atoms with Crippen LogP contribution < -0.4 is 9.64 Å². The number of benzene rings is 1. The standard InChI is InChI=1S/C24H29N3O4/c1-30-19-9-12-26(13-10-19)24(29)18-14-21-20(25-16-18)7-5-11-27(21)23(28)15-17-6-3-4-8-22(17)31-2/h3-4,6,8,14,16,19H,5,7,9-13,15H2,1-2H3. The number of carbonyl (C=O) groups is 2. The number of para-hydroxylation sites is 1. The average Bonchev–Trinajstić information content (AvgIpc) is 2.83. The number of pyridine rings is 1. The molecule has 2 aliphatic heterocycles. The topological polar surface area (TPSA) is 72.0 Å². The fourth-order valence-electron chi connectivity index (χ4n) is 4.39. The first-order chi connectivity index (χ1) is 15.1. The number of hydrogen-bond acceptors (Lipinski definition) is 5. The highest BCUT2D eigenvalue weighted by atomic mass is 16.5. The molecule has 0 N–H and O–H groups in total. The van der Waals surface area contributed by atoms with Crippen LogP contribution in [0.3, 0.4) is 0 Å². The van der Waals surface area contributed by atoms with Gasteiger partial charge in [0, 0.05) is 38.5 Å². The molecule has 0 unspecified atom stereocenters. The average molecular weight is 424 g/mol. The summed E-state index contributed by atoms with van der Waals surface area (Å²) in [7, 11) is 3.32. The monoisotopic (exact) mass is 423 g/mol. The molecule has 31 heavy (non-hydrogen) atoms. The smallest absolute Gasteiger partial charge is 0.255 e. The van der Waals surface area contributed by atoms with Crippen LogP contribution in [0.1, 0.15) is 40.9 Å². The first-order valence-corrected chi connectivity index (χ1v) is 10.8. The number of aromatic nitrogens is 1. The van der Waals surface area contributed by atoms with Crippen LogP contribution in [0.4, 0.5) is 5.69 Å². The minimum Gasteiger partial charge on any atom is -0.496 e. The lowest BCUT2D eigenvalue weighted by atomic mass is 10.0. The molecule has 1 saturated heterocycles. The van der Waals surface area contributed by atoms with E-state index in [1.54, 1.807) is 25.3 Å². The summed E-state index contributed by atoms with van der Waals surface area (Å²) in [5.74, 6) is 0.653. The zero-order valence-electron chi connectivity index (χ0n) is 18.2. The van der Waals surface area contributed by atoms with Gasteiger partial charge in [0.25, 0.3) is 5.91 Å². The van der Waals surface area contributed by atoms with Crippen LogP contribution in [0.2, 0.25) is 0 Å². The van der Waals surface area contributed by atoms with Crippen LogP contribution in [0.25, 0.3) is 0 Å². The van der Waals surface area contributed by atoms with E-state index in [1.165, 1.54) is 0 Å². The molecule has 1 aromatic heterocycles. The first kappa shape index (κ1) is 21.3. The number of ether oxygens (including phenoxy) is 2. The summed E-state index contributed by atoms with van der Waals surface area (Å²) in [6.07, 6.45) is 5.45. The highest BCUT2D eigenvalue weighted by Gasteiger charge is 2.28. The van der Waals surface area contributed by atoms with Gasteiger partial charge in [-0.05, 0) is 37.8 Å². The maximum absolute atomic E-state index is 13.2. The number of rotatable bonds is 5. The fourth-order valence-corrected chi connectivity index (χ4v) is 4.39.